The van der Waals surface area contributed by atoms with Crippen LogP contribution < -0.4 is 10.6 Å². The molecule has 3 rings (SSSR count). The highest BCUT2D eigenvalue weighted by atomic mass is 32.1. The van der Waals surface area contributed by atoms with Crippen molar-refractivity contribution < 1.29 is 4.79 Å². The largest absolute Gasteiger partial charge is 0.332 e. The van der Waals surface area contributed by atoms with E-state index in [1.807, 2.05) is 48.5 Å². The summed E-state index contributed by atoms with van der Waals surface area (Å²) in [5.74, 6) is 0.602. The molecular formula is C15H13N5OS. The fraction of sp³-hybridized carbons (Fsp3) is 0.0667. The van der Waals surface area contributed by atoms with Gasteiger partial charge >= 0.3 is 6.03 Å². The zero-order valence-electron chi connectivity index (χ0n) is 11.6. The second-order valence-electron chi connectivity index (χ2n) is 4.42. The fourth-order valence-corrected chi connectivity index (χ4v) is 2.38. The number of carbonyl (C=O) groups excluding carboxylic acids is 1. The summed E-state index contributed by atoms with van der Waals surface area (Å²) in [6.45, 7) is 0.358. The first-order valence-corrected chi connectivity index (χ1v) is 7.42. The zero-order valence-corrected chi connectivity index (χ0v) is 12.4. The van der Waals surface area contributed by atoms with Gasteiger partial charge in [-0.05, 0) is 12.1 Å². The lowest BCUT2D eigenvalue weighted by atomic mass is 10.2. The molecule has 0 saturated heterocycles. The van der Waals surface area contributed by atoms with Gasteiger partial charge in [-0.1, -0.05) is 36.4 Å². The molecule has 22 heavy (non-hydrogen) atoms. The number of benzene rings is 1. The molecule has 0 spiro atoms. The van der Waals surface area contributed by atoms with Crippen LogP contribution in [-0.4, -0.2) is 20.4 Å². The lowest BCUT2D eigenvalue weighted by Crippen LogP contribution is -2.28. The van der Waals surface area contributed by atoms with Crippen molar-refractivity contribution in [2.45, 2.75) is 6.54 Å². The molecule has 0 saturated carbocycles. The van der Waals surface area contributed by atoms with E-state index >= 15 is 0 Å². The summed E-state index contributed by atoms with van der Waals surface area (Å²) in [6.07, 6.45) is 1.69. The Bertz CT molecular complexity index is 745. The van der Waals surface area contributed by atoms with Crippen LogP contribution in [0, 0.1) is 0 Å². The third-order valence-corrected chi connectivity index (χ3v) is 3.47. The number of aromatic nitrogens is 3. The molecule has 2 aromatic heterocycles. The average Bonchev–Trinajstić information content (AvgIpc) is 3.03. The Kier molecular flexibility index (Phi) is 4.35. The molecule has 0 atom stereocenters. The van der Waals surface area contributed by atoms with Crippen LogP contribution in [0.5, 0.6) is 0 Å². The van der Waals surface area contributed by atoms with Gasteiger partial charge < -0.3 is 5.32 Å². The number of hydrogen-bond donors (Lipinski definition) is 2. The van der Waals surface area contributed by atoms with Gasteiger partial charge in [-0.15, -0.1) is 0 Å². The number of hydrogen-bond acceptors (Lipinski definition) is 5. The molecule has 0 fully saturated rings. The molecular weight excluding hydrogens is 298 g/mol. The van der Waals surface area contributed by atoms with Crippen molar-refractivity contribution in [1.29, 1.82) is 0 Å². The summed E-state index contributed by atoms with van der Waals surface area (Å²) < 4.78 is 4.23. The van der Waals surface area contributed by atoms with Gasteiger partial charge in [0.2, 0.25) is 5.13 Å². The summed E-state index contributed by atoms with van der Waals surface area (Å²) in [4.78, 5) is 20.2. The monoisotopic (exact) mass is 311 g/mol. The molecule has 2 heterocycles. The quantitative estimate of drug-likeness (QED) is 0.776. The van der Waals surface area contributed by atoms with E-state index < -0.39 is 0 Å². The van der Waals surface area contributed by atoms with Gasteiger partial charge in [0.05, 0.1) is 12.2 Å². The Hall–Kier alpha value is -2.80. The maximum absolute atomic E-state index is 11.8. The number of pyridine rings is 1. The fourth-order valence-electron chi connectivity index (χ4n) is 1.79. The van der Waals surface area contributed by atoms with Gasteiger partial charge in [0, 0.05) is 23.3 Å². The number of urea groups is 1. The van der Waals surface area contributed by atoms with Crippen molar-refractivity contribution in [3.05, 3.63) is 60.4 Å². The lowest BCUT2D eigenvalue weighted by molar-refractivity contribution is 0.251. The van der Waals surface area contributed by atoms with Crippen molar-refractivity contribution in [3.63, 3.8) is 0 Å². The Morgan fingerprint density at radius 2 is 1.91 bits per heavy atom. The minimum absolute atomic E-state index is 0.332. The molecule has 1 aromatic carbocycles. The first kappa shape index (κ1) is 14.2. The van der Waals surface area contributed by atoms with E-state index in [2.05, 4.69) is 25.0 Å². The molecule has 0 aliphatic rings. The van der Waals surface area contributed by atoms with Crippen LogP contribution in [0.2, 0.25) is 0 Å². The smallest absolute Gasteiger partial charge is 0.321 e. The minimum atomic E-state index is -0.332. The normalized spacial score (nSPS) is 10.2. The molecule has 2 N–H and O–H groups in total. The van der Waals surface area contributed by atoms with Gasteiger partial charge in [0.15, 0.2) is 5.82 Å². The SMILES string of the molecule is O=C(NCc1ccccn1)Nc1nc(-c2ccccc2)ns1. The van der Waals surface area contributed by atoms with Gasteiger partial charge in [-0.2, -0.15) is 9.36 Å². The zero-order chi connectivity index (χ0) is 15.2. The van der Waals surface area contributed by atoms with Crippen LogP contribution in [0.4, 0.5) is 9.93 Å². The van der Waals surface area contributed by atoms with Crippen molar-refractivity contribution in [1.82, 2.24) is 19.7 Å². The van der Waals surface area contributed by atoms with Crippen LogP contribution in [0.1, 0.15) is 5.69 Å². The number of carbonyl (C=O) groups is 1. The number of amides is 2. The highest BCUT2D eigenvalue weighted by Crippen LogP contribution is 2.20. The van der Waals surface area contributed by atoms with Crippen molar-refractivity contribution >= 4 is 22.7 Å². The lowest BCUT2D eigenvalue weighted by Gasteiger charge is -2.04. The molecule has 0 unspecified atom stereocenters. The van der Waals surface area contributed by atoms with E-state index in [-0.39, 0.29) is 6.03 Å². The van der Waals surface area contributed by atoms with Crippen LogP contribution in [0.25, 0.3) is 11.4 Å². The Morgan fingerprint density at radius 3 is 2.68 bits per heavy atom. The van der Waals surface area contributed by atoms with E-state index in [0.717, 1.165) is 22.8 Å². The second kappa shape index (κ2) is 6.77. The summed E-state index contributed by atoms with van der Waals surface area (Å²) >= 11 is 1.15. The van der Waals surface area contributed by atoms with Crippen LogP contribution >= 0.6 is 11.5 Å². The van der Waals surface area contributed by atoms with Gasteiger partial charge in [0.1, 0.15) is 0 Å². The topological polar surface area (TPSA) is 79.8 Å². The van der Waals surface area contributed by atoms with E-state index in [0.29, 0.717) is 17.5 Å². The predicted molar refractivity (Wildman–Crippen MR) is 85.4 cm³/mol. The highest BCUT2D eigenvalue weighted by molar-refractivity contribution is 7.10. The summed E-state index contributed by atoms with van der Waals surface area (Å²) in [5, 5.41) is 5.85. The van der Waals surface area contributed by atoms with Crippen LogP contribution in [-0.2, 0) is 6.54 Å². The standard InChI is InChI=1S/C15H13N5OS/c21-14(17-10-12-8-4-5-9-16-12)19-15-18-13(20-22-15)11-6-2-1-3-7-11/h1-9H,10H2,(H2,17,18,19,20,21). The summed E-state index contributed by atoms with van der Waals surface area (Å²) in [5.41, 5.74) is 1.71. The molecule has 6 nitrogen and oxygen atoms in total. The van der Waals surface area contributed by atoms with Crippen molar-refractivity contribution in [2.75, 3.05) is 5.32 Å². The summed E-state index contributed by atoms with van der Waals surface area (Å²) in [6, 6.07) is 14.8. The highest BCUT2D eigenvalue weighted by Gasteiger charge is 2.09. The number of nitrogens with zero attached hydrogens (tertiary/aromatic N) is 3. The molecule has 7 heteroatoms. The first-order chi connectivity index (χ1) is 10.8. The van der Waals surface area contributed by atoms with Gasteiger partial charge in [0.25, 0.3) is 0 Å². The Balaban J connectivity index is 1.57. The maximum atomic E-state index is 11.8. The van der Waals surface area contributed by atoms with Crippen LogP contribution in [0.3, 0.4) is 0 Å². The Labute approximate surface area is 131 Å². The van der Waals surface area contributed by atoms with Crippen LogP contribution in [0.15, 0.2) is 54.7 Å². The third-order valence-electron chi connectivity index (χ3n) is 2.83. The number of anilines is 1. The molecule has 0 bridgehead atoms. The number of nitrogens with one attached hydrogen (secondary N) is 2. The second-order valence-corrected chi connectivity index (χ2v) is 5.17. The van der Waals surface area contributed by atoms with Gasteiger partial charge in [-0.3, -0.25) is 10.3 Å². The molecule has 110 valence electrons. The summed E-state index contributed by atoms with van der Waals surface area (Å²) in [7, 11) is 0. The Morgan fingerprint density at radius 1 is 1.09 bits per heavy atom. The first-order valence-electron chi connectivity index (χ1n) is 6.65. The van der Waals surface area contributed by atoms with E-state index in [1.165, 1.54) is 0 Å². The minimum Gasteiger partial charge on any atom is -0.332 e. The average molecular weight is 311 g/mol. The molecule has 0 radical (unpaired) electrons. The third kappa shape index (κ3) is 3.64. The van der Waals surface area contributed by atoms with Crippen molar-refractivity contribution in [3.8, 4) is 11.4 Å². The molecule has 0 aliphatic carbocycles. The number of rotatable bonds is 4. The molecule has 2 amide bonds. The van der Waals surface area contributed by atoms with E-state index in [4.69, 9.17) is 0 Å². The molecule has 0 aliphatic heterocycles. The van der Waals surface area contributed by atoms with Gasteiger partial charge in [-0.25, -0.2) is 4.79 Å². The van der Waals surface area contributed by atoms with E-state index in [9.17, 15) is 4.79 Å². The van der Waals surface area contributed by atoms with Crippen molar-refractivity contribution in [2.24, 2.45) is 0 Å². The predicted octanol–water partition coefficient (Wildman–Crippen LogP) is 2.92. The van der Waals surface area contributed by atoms with E-state index in [1.54, 1.807) is 6.20 Å². The molecule has 3 aromatic rings. The maximum Gasteiger partial charge on any atom is 0.321 e.